The van der Waals surface area contributed by atoms with Crippen molar-refractivity contribution < 1.29 is 9.84 Å². The molecule has 0 saturated heterocycles. The highest BCUT2D eigenvalue weighted by molar-refractivity contribution is 5.79. The molecule has 3 nitrogen and oxygen atoms in total. The second kappa shape index (κ2) is 4.77. The van der Waals surface area contributed by atoms with E-state index in [0.29, 0.717) is 6.61 Å². The number of rotatable bonds is 3. The molecule has 0 amide bonds. The lowest BCUT2D eigenvalue weighted by molar-refractivity contribution is 0.190. The van der Waals surface area contributed by atoms with E-state index in [2.05, 4.69) is 0 Å². The molecule has 0 aliphatic rings. The lowest BCUT2D eigenvalue weighted by atomic mass is 10.0. The molecule has 0 aliphatic carbocycles. The van der Waals surface area contributed by atoms with Crippen LogP contribution in [0.4, 0.5) is 0 Å². The van der Waals surface area contributed by atoms with Crippen LogP contribution < -0.4 is 0 Å². The number of hydrogen-bond donors (Lipinski definition) is 2. The van der Waals surface area contributed by atoms with E-state index in [1.54, 1.807) is 13.0 Å². The summed E-state index contributed by atoms with van der Waals surface area (Å²) in [5, 5.41) is 17.2. The molecule has 76 valence electrons. The molecule has 0 bridgehead atoms. The van der Waals surface area contributed by atoms with E-state index in [1.807, 2.05) is 25.1 Å². The molecular weight excluding hydrogens is 178 g/mol. The Morgan fingerprint density at radius 2 is 2.14 bits per heavy atom. The molecule has 14 heavy (non-hydrogen) atoms. The van der Waals surface area contributed by atoms with Crippen LogP contribution in [0.2, 0.25) is 0 Å². The van der Waals surface area contributed by atoms with Gasteiger partial charge in [0.15, 0.2) is 6.10 Å². The van der Waals surface area contributed by atoms with Gasteiger partial charge in [0, 0.05) is 0 Å². The third kappa shape index (κ3) is 2.33. The minimum absolute atomic E-state index is 0.0956. The molecule has 0 aromatic heterocycles. The first-order valence-electron chi connectivity index (χ1n) is 4.61. The van der Waals surface area contributed by atoms with Crippen LogP contribution >= 0.6 is 0 Å². The van der Waals surface area contributed by atoms with Gasteiger partial charge in [-0.15, -0.1) is 0 Å². The van der Waals surface area contributed by atoms with E-state index in [4.69, 9.17) is 10.1 Å². The zero-order valence-electron chi connectivity index (χ0n) is 8.45. The van der Waals surface area contributed by atoms with E-state index >= 15 is 0 Å². The van der Waals surface area contributed by atoms with E-state index in [0.717, 1.165) is 11.1 Å². The highest BCUT2D eigenvalue weighted by Gasteiger charge is 2.15. The summed E-state index contributed by atoms with van der Waals surface area (Å²) in [5.41, 5.74) is 1.69. The minimum atomic E-state index is -0.948. The Kier molecular flexibility index (Phi) is 3.65. The molecule has 1 rings (SSSR count). The summed E-state index contributed by atoms with van der Waals surface area (Å²) in [4.78, 5) is 0. The molecule has 0 heterocycles. The number of nitrogens with one attached hydrogen (secondary N) is 1. The first kappa shape index (κ1) is 10.7. The smallest absolute Gasteiger partial charge is 0.214 e. The van der Waals surface area contributed by atoms with Crippen LogP contribution in [0.3, 0.4) is 0 Å². The molecule has 0 spiro atoms. The summed E-state index contributed by atoms with van der Waals surface area (Å²) < 4.78 is 4.95. The van der Waals surface area contributed by atoms with Crippen molar-refractivity contribution >= 4 is 5.90 Å². The van der Waals surface area contributed by atoms with Gasteiger partial charge in [-0.25, -0.2) is 0 Å². The molecule has 3 heteroatoms. The molecule has 0 fully saturated rings. The minimum Gasteiger partial charge on any atom is -0.479 e. The zero-order chi connectivity index (χ0) is 10.6. The summed E-state index contributed by atoms with van der Waals surface area (Å²) in [5.74, 6) is -0.0956. The first-order valence-corrected chi connectivity index (χ1v) is 4.61. The maximum Gasteiger partial charge on any atom is 0.214 e. The summed E-state index contributed by atoms with van der Waals surface area (Å²) in [7, 11) is 0. The third-order valence-corrected chi connectivity index (χ3v) is 2.03. The van der Waals surface area contributed by atoms with Gasteiger partial charge in [0.1, 0.15) is 0 Å². The van der Waals surface area contributed by atoms with Crippen LogP contribution in [0.5, 0.6) is 0 Å². The summed E-state index contributed by atoms with van der Waals surface area (Å²) in [6.45, 7) is 4.10. The number of ether oxygens (including phenoxy) is 1. The molecule has 0 saturated carbocycles. The van der Waals surface area contributed by atoms with Crippen molar-refractivity contribution in [3.63, 3.8) is 0 Å². The predicted molar refractivity (Wildman–Crippen MR) is 55.5 cm³/mol. The lowest BCUT2D eigenvalue weighted by Crippen LogP contribution is -2.15. The topological polar surface area (TPSA) is 53.3 Å². The van der Waals surface area contributed by atoms with Gasteiger partial charge in [0.2, 0.25) is 5.90 Å². The number of benzene rings is 1. The predicted octanol–water partition coefficient (Wildman–Crippen LogP) is 2.04. The summed E-state index contributed by atoms with van der Waals surface area (Å²) in [6, 6.07) is 7.44. The van der Waals surface area contributed by atoms with E-state index in [1.165, 1.54) is 0 Å². The molecule has 1 atom stereocenters. The Bertz CT molecular complexity index is 323. The van der Waals surface area contributed by atoms with Gasteiger partial charge < -0.3 is 9.84 Å². The highest BCUT2D eigenvalue weighted by Crippen LogP contribution is 2.18. The maximum atomic E-state index is 9.75. The number of aliphatic hydroxyl groups excluding tert-OH is 1. The van der Waals surface area contributed by atoms with Crippen molar-refractivity contribution in [1.29, 1.82) is 5.41 Å². The third-order valence-electron chi connectivity index (χ3n) is 2.03. The fourth-order valence-corrected chi connectivity index (χ4v) is 1.27. The van der Waals surface area contributed by atoms with Crippen molar-refractivity contribution in [2.75, 3.05) is 6.61 Å². The Hall–Kier alpha value is -1.35. The lowest BCUT2D eigenvalue weighted by Gasteiger charge is -2.14. The molecule has 0 radical (unpaired) electrons. The van der Waals surface area contributed by atoms with Gasteiger partial charge in [-0.05, 0) is 25.0 Å². The van der Waals surface area contributed by atoms with Crippen molar-refractivity contribution in [3.8, 4) is 0 Å². The summed E-state index contributed by atoms with van der Waals surface area (Å²) >= 11 is 0. The molecular formula is C11H15NO2. The Balaban J connectivity index is 2.84. The SMILES string of the molecule is CCOC(=N)[C@H](O)c1ccccc1C. The molecule has 0 unspecified atom stereocenters. The van der Waals surface area contributed by atoms with Gasteiger partial charge in [-0.3, -0.25) is 5.41 Å². The highest BCUT2D eigenvalue weighted by atomic mass is 16.5. The number of hydrogen-bond acceptors (Lipinski definition) is 3. The fourth-order valence-electron chi connectivity index (χ4n) is 1.27. The average molecular weight is 193 g/mol. The maximum absolute atomic E-state index is 9.75. The Labute approximate surface area is 83.8 Å². The number of aliphatic hydroxyl groups is 1. The molecule has 1 aromatic rings. The second-order valence-electron chi connectivity index (χ2n) is 3.06. The fraction of sp³-hybridized carbons (Fsp3) is 0.364. The van der Waals surface area contributed by atoms with Gasteiger partial charge in [-0.2, -0.15) is 0 Å². The van der Waals surface area contributed by atoms with Gasteiger partial charge in [-0.1, -0.05) is 24.3 Å². The largest absolute Gasteiger partial charge is 0.479 e. The van der Waals surface area contributed by atoms with E-state index < -0.39 is 6.10 Å². The zero-order valence-corrected chi connectivity index (χ0v) is 8.45. The van der Waals surface area contributed by atoms with Gasteiger partial charge in [0.25, 0.3) is 0 Å². The normalized spacial score (nSPS) is 12.2. The van der Waals surface area contributed by atoms with Crippen molar-refractivity contribution in [2.24, 2.45) is 0 Å². The standard InChI is InChI=1S/C11H15NO2/c1-3-14-11(12)10(13)9-7-5-4-6-8(9)2/h4-7,10,12-13H,3H2,1-2H3/t10-/m1/s1. The van der Waals surface area contributed by atoms with Crippen LogP contribution in [0.15, 0.2) is 24.3 Å². The van der Waals surface area contributed by atoms with Crippen LogP contribution in [-0.4, -0.2) is 17.6 Å². The van der Waals surface area contributed by atoms with Crippen LogP contribution in [0, 0.1) is 12.3 Å². The molecule has 2 N–H and O–H groups in total. The average Bonchev–Trinajstić information content (AvgIpc) is 2.18. The van der Waals surface area contributed by atoms with Crippen LogP contribution in [0.25, 0.3) is 0 Å². The van der Waals surface area contributed by atoms with Crippen LogP contribution in [-0.2, 0) is 4.74 Å². The Morgan fingerprint density at radius 3 is 2.71 bits per heavy atom. The van der Waals surface area contributed by atoms with Crippen LogP contribution in [0.1, 0.15) is 24.2 Å². The summed E-state index contributed by atoms with van der Waals surface area (Å²) in [6.07, 6.45) is -0.948. The quantitative estimate of drug-likeness (QED) is 0.570. The second-order valence-corrected chi connectivity index (χ2v) is 3.06. The van der Waals surface area contributed by atoms with E-state index in [9.17, 15) is 5.11 Å². The van der Waals surface area contributed by atoms with Gasteiger partial charge in [0.05, 0.1) is 6.61 Å². The van der Waals surface area contributed by atoms with E-state index in [-0.39, 0.29) is 5.90 Å². The molecule has 1 aromatic carbocycles. The first-order chi connectivity index (χ1) is 6.66. The monoisotopic (exact) mass is 193 g/mol. The Morgan fingerprint density at radius 1 is 1.50 bits per heavy atom. The van der Waals surface area contributed by atoms with Gasteiger partial charge >= 0.3 is 0 Å². The van der Waals surface area contributed by atoms with Crippen molar-refractivity contribution in [2.45, 2.75) is 20.0 Å². The van der Waals surface area contributed by atoms with Crippen molar-refractivity contribution in [3.05, 3.63) is 35.4 Å². The van der Waals surface area contributed by atoms with Crippen molar-refractivity contribution in [1.82, 2.24) is 0 Å². The molecule has 0 aliphatic heterocycles. The number of aryl methyl sites for hydroxylation is 1.